The third-order valence-corrected chi connectivity index (χ3v) is 5.19. The number of aromatic nitrogens is 2. The molecule has 24 heavy (non-hydrogen) atoms. The summed E-state index contributed by atoms with van der Waals surface area (Å²) in [7, 11) is 0. The Morgan fingerprint density at radius 2 is 2.08 bits per heavy atom. The van der Waals surface area contributed by atoms with Gasteiger partial charge in [0.1, 0.15) is 0 Å². The molecule has 3 rings (SSSR count). The molecule has 0 spiro atoms. The summed E-state index contributed by atoms with van der Waals surface area (Å²) in [5, 5.41) is 5.06. The number of carbonyl (C=O) groups excluding carboxylic acids is 1. The molecule has 1 aliphatic rings. The first-order chi connectivity index (χ1) is 11.7. The van der Waals surface area contributed by atoms with Crippen molar-refractivity contribution in [3.05, 3.63) is 40.8 Å². The lowest BCUT2D eigenvalue weighted by atomic mass is 10.2. The second-order valence-electron chi connectivity index (χ2n) is 5.90. The maximum absolute atomic E-state index is 12.4. The molecule has 0 bridgehead atoms. The lowest BCUT2D eigenvalue weighted by Gasteiger charge is -2.26. The minimum atomic E-state index is -0.124. The summed E-state index contributed by atoms with van der Waals surface area (Å²) in [4.78, 5) is 26.7. The molecule has 0 aliphatic carbocycles. The Kier molecular flexibility index (Phi) is 5.77. The molecule has 2 aromatic heterocycles. The third-order valence-electron chi connectivity index (χ3n) is 4.31. The van der Waals surface area contributed by atoms with Crippen molar-refractivity contribution in [3.63, 3.8) is 0 Å². The number of amides is 1. The average molecular weight is 345 g/mol. The molecule has 1 aliphatic heterocycles. The summed E-state index contributed by atoms with van der Waals surface area (Å²) in [6.45, 7) is 6.11. The lowest BCUT2D eigenvalue weighted by molar-refractivity contribution is -0.126. The highest BCUT2D eigenvalue weighted by atomic mass is 32.1. The van der Waals surface area contributed by atoms with Gasteiger partial charge >= 0.3 is 0 Å². The van der Waals surface area contributed by atoms with Crippen LogP contribution in [0.5, 0.6) is 0 Å². The number of hydrogen-bond donors (Lipinski definition) is 1. The van der Waals surface area contributed by atoms with Crippen LogP contribution in [-0.4, -0.2) is 53.0 Å². The van der Waals surface area contributed by atoms with Crippen molar-refractivity contribution in [2.75, 3.05) is 31.1 Å². The fourth-order valence-corrected chi connectivity index (χ4v) is 3.52. The topological polar surface area (TPSA) is 61.4 Å². The predicted molar refractivity (Wildman–Crippen MR) is 96.1 cm³/mol. The molecule has 1 N–H and O–H groups in total. The van der Waals surface area contributed by atoms with E-state index in [-0.39, 0.29) is 11.9 Å². The van der Waals surface area contributed by atoms with Gasteiger partial charge in [-0.1, -0.05) is 6.07 Å². The largest absolute Gasteiger partial charge is 0.350 e. The average Bonchev–Trinajstić information content (AvgIpc) is 3.02. The second kappa shape index (κ2) is 8.21. The van der Waals surface area contributed by atoms with Crippen LogP contribution in [0.15, 0.2) is 36.0 Å². The summed E-state index contributed by atoms with van der Waals surface area (Å²) in [6, 6.07) is 5.75. The highest BCUT2D eigenvalue weighted by molar-refractivity contribution is 7.09. The van der Waals surface area contributed by atoms with E-state index in [9.17, 15) is 4.79 Å². The minimum absolute atomic E-state index is 0.0906. The molecule has 0 aromatic carbocycles. The van der Waals surface area contributed by atoms with Crippen LogP contribution in [0.4, 0.5) is 5.95 Å². The quantitative estimate of drug-likeness (QED) is 0.895. The molecule has 7 heteroatoms. The normalized spacial score (nSPS) is 17.3. The molecule has 2 aromatic rings. The van der Waals surface area contributed by atoms with Gasteiger partial charge in [0.25, 0.3) is 0 Å². The number of nitrogens with one attached hydrogen (secondary N) is 1. The van der Waals surface area contributed by atoms with Crippen LogP contribution in [0, 0.1) is 0 Å². The van der Waals surface area contributed by atoms with Gasteiger partial charge in [-0.3, -0.25) is 9.69 Å². The van der Waals surface area contributed by atoms with Crippen LogP contribution in [0.25, 0.3) is 0 Å². The first-order valence-corrected chi connectivity index (χ1v) is 9.18. The summed E-state index contributed by atoms with van der Waals surface area (Å²) in [6.07, 6.45) is 4.54. The highest BCUT2D eigenvalue weighted by Gasteiger charge is 2.24. The summed E-state index contributed by atoms with van der Waals surface area (Å²) >= 11 is 1.66. The van der Waals surface area contributed by atoms with E-state index in [0.717, 1.165) is 38.5 Å². The highest BCUT2D eigenvalue weighted by Crippen LogP contribution is 2.13. The zero-order chi connectivity index (χ0) is 16.8. The van der Waals surface area contributed by atoms with E-state index in [4.69, 9.17) is 0 Å². The van der Waals surface area contributed by atoms with Crippen LogP contribution < -0.4 is 10.2 Å². The molecule has 6 nitrogen and oxygen atoms in total. The van der Waals surface area contributed by atoms with Crippen LogP contribution >= 0.6 is 11.3 Å². The lowest BCUT2D eigenvalue weighted by Crippen LogP contribution is -2.46. The molecule has 0 saturated carbocycles. The maximum atomic E-state index is 12.4. The van der Waals surface area contributed by atoms with E-state index in [2.05, 4.69) is 25.1 Å². The minimum Gasteiger partial charge on any atom is -0.350 e. The van der Waals surface area contributed by atoms with Gasteiger partial charge in [0.15, 0.2) is 0 Å². The summed E-state index contributed by atoms with van der Waals surface area (Å²) < 4.78 is 0. The molecular weight excluding hydrogens is 322 g/mol. The number of rotatable bonds is 5. The summed E-state index contributed by atoms with van der Waals surface area (Å²) in [5.74, 6) is 0.863. The molecule has 128 valence electrons. The maximum Gasteiger partial charge on any atom is 0.237 e. The molecule has 1 fully saturated rings. The van der Waals surface area contributed by atoms with Crippen molar-refractivity contribution in [1.82, 2.24) is 20.2 Å². The molecule has 3 heterocycles. The fraction of sp³-hybridized carbons (Fsp3) is 0.471. The van der Waals surface area contributed by atoms with Crippen molar-refractivity contribution in [3.8, 4) is 0 Å². The van der Waals surface area contributed by atoms with E-state index in [0.29, 0.717) is 6.54 Å². The predicted octanol–water partition coefficient (Wildman–Crippen LogP) is 1.76. The van der Waals surface area contributed by atoms with Gasteiger partial charge in [-0.2, -0.15) is 0 Å². The SMILES string of the molecule is CC(C(=O)NCc1cccs1)N1CCCN(c2ncccn2)CC1. The van der Waals surface area contributed by atoms with E-state index in [1.165, 1.54) is 4.88 Å². The Morgan fingerprint density at radius 3 is 2.83 bits per heavy atom. The second-order valence-corrected chi connectivity index (χ2v) is 6.93. The zero-order valence-corrected chi connectivity index (χ0v) is 14.7. The standard InChI is InChI=1S/C17H23N5OS/c1-14(16(23)20-13-15-5-2-12-24-15)21-8-4-9-22(11-10-21)17-18-6-3-7-19-17/h2-3,5-7,12,14H,4,8-11,13H2,1H3,(H,20,23). The Bertz CT molecular complexity index is 634. The number of hydrogen-bond acceptors (Lipinski definition) is 6. The Labute approximate surface area is 146 Å². The smallest absolute Gasteiger partial charge is 0.237 e. The number of anilines is 1. The number of thiophene rings is 1. The number of carbonyl (C=O) groups is 1. The van der Waals surface area contributed by atoms with E-state index in [1.54, 1.807) is 23.7 Å². The molecule has 1 unspecified atom stereocenters. The Morgan fingerprint density at radius 1 is 1.25 bits per heavy atom. The van der Waals surface area contributed by atoms with Crippen LogP contribution in [0.3, 0.4) is 0 Å². The van der Waals surface area contributed by atoms with Crippen LogP contribution in [0.1, 0.15) is 18.2 Å². The van der Waals surface area contributed by atoms with E-state index in [1.807, 2.05) is 30.5 Å². The molecular formula is C17H23N5OS. The first-order valence-electron chi connectivity index (χ1n) is 8.30. The van der Waals surface area contributed by atoms with Gasteiger partial charge in [-0.05, 0) is 30.9 Å². The van der Waals surface area contributed by atoms with Gasteiger partial charge in [0.2, 0.25) is 11.9 Å². The third kappa shape index (κ3) is 4.30. The van der Waals surface area contributed by atoms with Gasteiger partial charge < -0.3 is 10.2 Å². The molecule has 0 radical (unpaired) electrons. The van der Waals surface area contributed by atoms with Gasteiger partial charge in [0, 0.05) is 43.4 Å². The zero-order valence-electron chi connectivity index (χ0n) is 13.9. The fourth-order valence-electron chi connectivity index (χ4n) is 2.88. The number of nitrogens with zero attached hydrogens (tertiary/aromatic N) is 4. The van der Waals surface area contributed by atoms with Crippen molar-refractivity contribution in [2.45, 2.75) is 25.9 Å². The first kappa shape index (κ1) is 16.9. The van der Waals surface area contributed by atoms with Gasteiger partial charge in [-0.25, -0.2) is 9.97 Å². The molecule has 1 atom stereocenters. The van der Waals surface area contributed by atoms with Crippen molar-refractivity contribution < 1.29 is 4.79 Å². The monoisotopic (exact) mass is 345 g/mol. The van der Waals surface area contributed by atoms with Crippen molar-refractivity contribution in [2.24, 2.45) is 0 Å². The molecule has 1 amide bonds. The summed E-state index contributed by atoms with van der Waals surface area (Å²) in [5.41, 5.74) is 0. The van der Waals surface area contributed by atoms with Crippen LogP contribution in [0.2, 0.25) is 0 Å². The molecule has 1 saturated heterocycles. The van der Waals surface area contributed by atoms with Crippen molar-refractivity contribution >= 4 is 23.2 Å². The van der Waals surface area contributed by atoms with Gasteiger partial charge in [-0.15, -0.1) is 11.3 Å². The Balaban J connectivity index is 1.52. The Hall–Kier alpha value is -1.99. The van der Waals surface area contributed by atoms with Crippen molar-refractivity contribution in [1.29, 1.82) is 0 Å². The van der Waals surface area contributed by atoms with E-state index >= 15 is 0 Å². The van der Waals surface area contributed by atoms with Crippen LogP contribution in [-0.2, 0) is 11.3 Å². The van der Waals surface area contributed by atoms with E-state index < -0.39 is 0 Å². The van der Waals surface area contributed by atoms with Gasteiger partial charge in [0.05, 0.1) is 12.6 Å².